The molecular weight excluding hydrogens is 567 g/mol. The molecule has 3 rings (SSSR count). The van der Waals surface area contributed by atoms with Crippen LogP contribution in [0.2, 0.25) is 0 Å². The van der Waals surface area contributed by atoms with E-state index in [0.717, 1.165) is 44.9 Å². The van der Waals surface area contributed by atoms with E-state index < -0.39 is 44.3 Å². The Morgan fingerprint density at radius 1 is 1.00 bits per heavy atom. The Labute approximate surface area is 247 Å². The van der Waals surface area contributed by atoms with Crippen molar-refractivity contribution in [3.63, 3.8) is 0 Å². The number of hydrogen-bond acceptors (Lipinski definition) is 10. The van der Waals surface area contributed by atoms with Crippen molar-refractivity contribution in [2.75, 3.05) is 18.9 Å². The third kappa shape index (κ3) is 9.97. The molecule has 1 aliphatic rings. The van der Waals surface area contributed by atoms with Gasteiger partial charge in [0.25, 0.3) is 0 Å². The minimum absolute atomic E-state index is 0.0753. The van der Waals surface area contributed by atoms with Crippen molar-refractivity contribution >= 4 is 25.1 Å². The van der Waals surface area contributed by atoms with Crippen LogP contribution in [0.4, 0.5) is 5.82 Å². The summed E-state index contributed by atoms with van der Waals surface area (Å²) in [6, 6.07) is 3.34. The SMILES string of the molecule is C[C@@]1(c2ccc3c(N)ncnn23)O[C@H](COP(=O)(O)OCCCCCCCCCCCCCCCC(=O)O)[C@@H](O)[C@H]1O. The molecule has 14 heteroatoms. The first-order valence-electron chi connectivity index (χ1n) is 15.0. The summed E-state index contributed by atoms with van der Waals surface area (Å²) in [5, 5.41) is 34.2. The second kappa shape index (κ2) is 16.7. The number of nitrogen functional groups attached to an aromatic ring is 1. The van der Waals surface area contributed by atoms with E-state index in [4.69, 9.17) is 24.6 Å². The fraction of sp³-hybridized carbons (Fsp3) is 0.750. The predicted octanol–water partition coefficient (Wildman–Crippen LogP) is 4.33. The lowest BCUT2D eigenvalue weighted by Gasteiger charge is -2.27. The monoisotopic (exact) mass is 614 g/mol. The molecular formula is C28H47N4O9P. The van der Waals surface area contributed by atoms with Crippen LogP contribution in [-0.4, -0.2) is 72.3 Å². The van der Waals surface area contributed by atoms with Crippen LogP contribution in [0.1, 0.15) is 103 Å². The van der Waals surface area contributed by atoms with Crippen molar-refractivity contribution in [3.05, 3.63) is 24.2 Å². The third-order valence-electron chi connectivity index (χ3n) is 7.85. The average molecular weight is 615 g/mol. The quantitative estimate of drug-likeness (QED) is 0.0986. The number of nitrogens with zero attached hydrogens (tertiary/aromatic N) is 3. The van der Waals surface area contributed by atoms with Gasteiger partial charge in [0.1, 0.15) is 35.8 Å². The lowest BCUT2D eigenvalue weighted by atomic mass is 9.93. The number of unbranched alkanes of at least 4 members (excludes halogenated alkanes) is 12. The lowest BCUT2D eigenvalue weighted by Crippen LogP contribution is -2.39. The average Bonchev–Trinajstić information content (AvgIpc) is 3.48. The maximum absolute atomic E-state index is 12.4. The molecule has 1 fully saturated rings. The summed E-state index contributed by atoms with van der Waals surface area (Å²) in [6.07, 6.45) is 11.4. The highest BCUT2D eigenvalue weighted by Gasteiger charge is 2.54. The molecule has 5 atom stereocenters. The molecule has 0 spiro atoms. The normalized spacial score (nSPS) is 23.9. The Bertz CT molecular complexity index is 1170. The number of carboxylic acids is 1. The molecule has 0 radical (unpaired) electrons. The first-order chi connectivity index (χ1) is 20.0. The third-order valence-corrected chi connectivity index (χ3v) is 8.83. The highest BCUT2D eigenvalue weighted by molar-refractivity contribution is 7.47. The van der Waals surface area contributed by atoms with Crippen molar-refractivity contribution in [2.45, 2.75) is 121 Å². The number of rotatable bonds is 21. The minimum atomic E-state index is -4.37. The van der Waals surface area contributed by atoms with Crippen LogP contribution in [0.3, 0.4) is 0 Å². The molecule has 13 nitrogen and oxygen atoms in total. The van der Waals surface area contributed by atoms with Crippen LogP contribution < -0.4 is 5.73 Å². The largest absolute Gasteiger partial charge is 0.481 e. The van der Waals surface area contributed by atoms with E-state index in [1.165, 1.54) is 42.9 Å². The van der Waals surface area contributed by atoms with Gasteiger partial charge in [-0.05, 0) is 31.9 Å². The molecule has 1 saturated heterocycles. The lowest BCUT2D eigenvalue weighted by molar-refractivity contribution is -0.137. The fourth-order valence-corrected chi connectivity index (χ4v) is 6.13. The molecule has 0 amide bonds. The van der Waals surface area contributed by atoms with E-state index >= 15 is 0 Å². The zero-order chi connectivity index (χ0) is 30.6. The maximum atomic E-state index is 12.4. The van der Waals surface area contributed by atoms with E-state index in [1.807, 2.05) is 0 Å². The molecule has 2 aromatic heterocycles. The summed E-state index contributed by atoms with van der Waals surface area (Å²) < 4.78 is 30.0. The van der Waals surface area contributed by atoms with Crippen molar-refractivity contribution in [3.8, 4) is 0 Å². The Kier molecular flexibility index (Phi) is 13.6. The van der Waals surface area contributed by atoms with Crippen LogP contribution in [0.15, 0.2) is 18.5 Å². The van der Waals surface area contributed by atoms with Crippen molar-refractivity contribution in [1.29, 1.82) is 0 Å². The summed E-state index contributed by atoms with van der Waals surface area (Å²) in [4.78, 5) is 24.5. The number of fused-ring (bicyclic) bond motifs is 1. The van der Waals surface area contributed by atoms with Gasteiger partial charge >= 0.3 is 13.8 Å². The van der Waals surface area contributed by atoms with Gasteiger partial charge in [0.15, 0.2) is 5.82 Å². The summed E-state index contributed by atoms with van der Waals surface area (Å²) >= 11 is 0. The fourth-order valence-electron chi connectivity index (χ4n) is 5.36. The molecule has 1 unspecified atom stereocenters. The van der Waals surface area contributed by atoms with Gasteiger partial charge in [-0.25, -0.2) is 14.1 Å². The van der Waals surface area contributed by atoms with Gasteiger partial charge in [0.05, 0.1) is 18.9 Å². The Balaban J connectivity index is 1.25. The van der Waals surface area contributed by atoms with Gasteiger partial charge in [0, 0.05) is 6.42 Å². The molecule has 238 valence electrons. The number of ether oxygens (including phenoxy) is 1. The Hall–Kier alpha value is -2.12. The van der Waals surface area contributed by atoms with Gasteiger partial charge < -0.3 is 30.7 Å². The predicted molar refractivity (Wildman–Crippen MR) is 156 cm³/mol. The number of nitrogens with two attached hydrogens (primary N) is 1. The van der Waals surface area contributed by atoms with Crippen molar-refractivity contribution < 1.29 is 43.4 Å². The molecule has 42 heavy (non-hydrogen) atoms. The van der Waals surface area contributed by atoms with E-state index in [-0.39, 0.29) is 18.8 Å². The van der Waals surface area contributed by atoms with Crippen LogP contribution in [0, 0.1) is 0 Å². The summed E-state index contributed by atoms with van der Waals surface area (Å²) in [5.74, 6) is -0.466. The van der Waals surface area contributed by atoms with Crippen LogP contribution in [0.5, 0.6) is 0 Å². The smallest absolute Gasteiger partial charge is 0.472 e. The molecule has 0 aromatic carbocycles. The molecule has 0 aliphatic carbocycles. The first-order valence-corrected chi connectivity index (χ1v) is 16.5. The zero-order valence-electron chi connectivity index (χ0n) is 24.5. The molecule has 1 aliphatic heterocycles. The number of aliphatic hydroxyl groups is 2. The van der Waals surface area contributed by atoms with E-state index in [9.17, 15) is 24.5 Å². The molecule has 2 aromatic rings. The van der Waals surface area contributed by atoms with Gasteiger partial charge in [-0.15, -0.1) is 0 Å². The summed E-state index contributed by atoms with van der Waals surface area (Å²) in [5.41, 5.74) is 5.46. The molecule has 0 bridgehead atoms. The molecule has 3 heterocycles. The second-order valence-electron chi connectivity index (χ2n) is 11.2. The number of aromatic nitrogens is 3. The van der Waals surface area contributed by atoms with Crippen LogP contribution >= 0.6 is 7.82 Å². The number of phosphoric acid groups is 1. The first kappa shape index (κ1) is 34.4. The summed E-state index contributed by atoms with van der Waals surface area (Å²) in [6.45, 7) is 1.21. The van der Waals surface area contributed by atoms with Gasteiger partial charge in [-0.2, -0.15) is 5.10 Å². The molecule has 0 saturated carbocycles. The number of anilines is 1. The van der Waals surface area contributed by atoms with E-state index in [1.54, 1.807) is 19.1 Å². The number of hydrogen-bond donors (Lipinski definition) is 5. The van der Waals surface area contributed by atoms with Crippen LogP contribution in [0.25, 0.3) is 5.52 Å². The number of carboxylic acid groups (broad SMARTS) is 1. The zero-order valence-corrected chi connectivity index (χ0v) is 25.4. The highest BCUT2D eigenvalue weighted by atomic mass is 31.2. The topological polar surface area (TPSA) is 199 Å². The van der Waals surface area contributed by atoms with Crippen molar-refractivity contribution in [1.82, 2.24) is 14.6 Å². The number of aliphatic hydroxyl groups excluding tert-OH is 2. The molecule has 6 N–H and O–H groups in total. The van der Waals surface area contributed by atoms with E-state index in [0.29, 0.717) is 17.6 Å². The maximum Gasteiger partial charge on any atom is 0.472 e. The van der Waals surface area contributed by atoms with Gasteiger partial charge in [-0.1, -0.05) is 70.6 Å². The Morgan fingerprint density at radius 3 is 2.17 bits per heavy atom. The van der Waals surface area contributed by atoms with Gasteiger partial charge in [0.2, 0.25) is 0 Å². The van der Waals surface area contributed by atoms with E-state index in [2.05, 4.69) is 10.1 Å². The van der Waals surface area contributed by atoms with Gasteiger partial charge in [-0.3, -0.25) is 13.8 Å². The van der Waals surface area contributed by atoms with Crippen LogP contribution in [-0.2, 0) is 28.7 Å². The highest BCUT2D eigenvalue weighted by Crippen LogP contribution is 2.46. The Morgan fingerprint density at radius 2 is 1.57 bits per heavy atom. The van der Waals surface area contributed by atoms with Crippen molar-refractivity contribution in [2.24, 2.45) is 0 Å². The number of aliphatic carboxylic acids is 1. The number of phosphoric ester groups is 1. The minimum Gasteiger partial charge on any atom is -0.481 e. The standard InChI is InChI=1S/C28H47N4O9P/c1-28(23-17-16-21-27(29)30-20-31-32(21)23)26(36)25(35)22(41-28)19-40-42(37,38)39-18-14-12-10-8-6-4-2-3-5-7-9-11-13-15-24(33)34/h16-17,20,22,25-26,35-36H,2-15,18-19H2,1H3,(H,33,34)(H,37,38)(H2,29,30,31)/t22-,25-,26-,28+/m1/s1. The second-order valence-corrected chi connectivity index (χ2v) is 12.7. The summed E-state index contributed by atoms with van der Waals surface area (Å²) in [7, 11) is -4.37. The number of carbonyl (C=O) groups is 1.